The third kappa shape index (κ3) is 4.33. The molecule has 1 N–H and O–H groups in total. The monoisotopic (exact) mass is 252 g/mol. The highest BCUT2D eigenvalue weighted by Gasteiger charge is 2.15. The quantitative estimate of drug-likeness (QED) is 0.439. The number of hydrogen-bond donors (Lipinski definition) is 1. The summed E-state index contributed by atoms with van der Waals surface area (Å²) in [5.74, 6) is 0.359. The van der Waals surface area contributed by atoms with Gasteiger partial charge in [0.25, 0.3) is 0 Å². The Hall–Kier alpha value is -1.62. The highest BCUT2D eigenvalue weighted by molar-refractivity contribution is 5.48. The molecule has 0 spiro atoms. The molecule has 5 heteroatoms. The normalized spacial score (nSPS) is 10.3. The van der Waals surface area contributed by atoms with Gasteiger partial charge in [0.1, 0.15) is 0 Å². The van der Waals surface area contributed by atoms with Crippen LogP contribution in [0, 0.1) is 10.1 Å². The molecule has 0 bridgehead atoms. The van der Waals surface area contributed by atoms with Gasteiger partial charge >= 0.3 is 5.69 Å². The topological polar surface area (TPSA) is 64.4 Å². The number of ether oxygens (including phenoxy) is 1. The van der Waals surface area contributed by atoms with Crippen molar-refractivity contribution in [3.05, 3.63) is 33.9 Å². The fourth-order valence-corrected chi connectivity index (χ4v) is 1.56. The van der Waals surface area contributed by atoms with E-state index in [9.17, 15) is 10.1 Å². The van der Waals surface area contributed by atoms with Crippen LogP contribution in [0.5, 0.6) is 5.75 Å². The van der Waals surface area contributed by atoms with Crippen molar-refractivity contribution < 1.29 is 9.66 Å². The lowest BCUT2D eigenvalue weighted by Crippen LogP contribution is -2.14. The van der Waals surface area contributed by atoms with E-state index in [1.54, 1.807) is 12.1 Å². The van der Waals surface area contributed by atoms with Crippen molar-refractivity contribution in [3.8, 4) is 5.75 Å². The van der Waals surface area contributed by atoms with Crippen molar-refractivity contribution in [2.45, 2.75) is 33.2 Å². The van der Waals surface area contributed by atoms with Gasteiger partial charge < -0.3 is 10.1 Å². The number of hydrogen-bond acceptors (Lipinski definition) is 4. The summed E-state index contributed by atoms with van der Waals surface area (Å²) in [6, 6.07) is 5.02. The van der Waals surface area contributed by atoms with E-state index in [0.717, 1.165) is 24.9 Å². The summed E-state index contributed by atoms with van der Waals surface area (Å²) in [5.41, 5.74) is 1.03. The molecule has 0 fully saturated rings. The van der Waals surface area contributed by atoms with Crippen LogP contribution < -0.4 is 10.1 Å². The zero-order valence-electron chi connectivity index (χ0n) is 10.9. The van der Waals surface area contributed by atoms with Gasteiger partial charge in [-0.05, 0) is 31.0 Å². The van der Waals surface area contributed by atoms with E-state index in [2.05, 4.69) is 12.2 Å². The molecule has 1 aromatic rings. The van der Waals surface area contributed by atoms with E-state index in [0.29, 0.717) is 18.9 Å². The van der Waals surface area contributed by atoms with Crippen molar-refractivity contribution in [1.82, 2.24) is 5.32 Å². The zero-order valence-corrected chi connectivity index (χ0v) is 10.9. The molecule has 5 nitrogen and oxygen atoms in total. The van der Waals surface area contributed by atoms with E-state index in [1.165, 1.54) is 6.07 Å². The maximum absolute atomic E-state index is 10.9. The fourth-order valence-electron chi connectivity index (χ4n) is 1.56. The second-order valence-electron chi connectivity index (χ2n) is 4.08. The molecule has 0 aliphatic carbocycles. The number of benzene rings is 1. The summed E-state index contributed by atoms with van der Waals surface area (Å²) in [4.78, 5) is 10.5. The van der Waals surface area contributed by atoms with Gasteiger partial charge in [-0.3, -0.25) is 10.1 Å². The first-order chi connectivity index (χ1) is 8.69. The minimum absolute atomic E-state index is 0.0303. The molecule has 0 radical (unpaired) electrons. The van der Waals surface area contributed by atoms with E-state index >= 15 is 0 Å². The molecular weight excluding hydrogens is 232 g/mol. The highest BCUT2D eigenvalue weighted by Crippen LogP contribution is 2.28. The first kappa shape index (κ1) is 14.4. The van der Waals surface area contributed by atoms with Gasteiger partial charge in [-0.25, -0.2) is 0 Å². The van der Waals surface area contributed by atoms with Crippen molar-refractivity contribution in [2.75, 3.05) is 13.2 Å². The lowest BCUT2D eigenvalue weighted by molar-refractivity contribution is -0.385. The highest BCUT2D eigenvalue weighted by atomic mass is 16.6. The Labute approximate surface area is 107 Å². The molecule has 1 rings (SSSR count). The average Bonchev–Trinajstić information content (AvgIpc) is 2.36. The van der Waals surface area contributed by atoms with Crippen LogP contribution in [-0.2, 0) is 6.54 Å². The minimum Gasteiger partial charge on any atom is -0.487 e. The molecule has 0 amide bonds. The fraction of sp³-hybridized carbons (Fsp3) is 0.538. The third-order valence-corrected chi connectivity index (χ3v) is 2.44. The summed E-state index contributed by atoms with van der Waals surface area (Å²) >= 11 is 0. The summed E-state index contributed by atoms with van der Waals surface area (Å²) in [6.07, 6.45) is 1.89. The smallest absolute Gasteiger partial charge is 0.310 e. The molecule has 0 aromatic heterocycles. The third-order valence-electron chi connectivity index (χ3n) is 2.44. The van der Waals surface area contributed by atoms with Gasteiger partial charge in [-0.1, -0.05) is 19.9 Å². The molecule has 0 saturated heterocycles. The average molecular weight is 252 g/mol. The Morgan fingerprint density at radius 2 is 2.11 bits per heavy atom. The van der Waals surface area contributed by atoms with Crippen LogP contribution in [0.25, 0.3) is 0 Å². The van der Waals surface area contributed by atoms with E-state index in [-0.39, 0.29) is 5.69 Å². The number of nitro groups is 1. The molecule has 100 valence electrons. The van der Waals surface area contributed by atoms with Gasteiger partial charge in [-0.2, -0.15) is 0 Å². The Morgan fingerprint density at radius 1 is 1.33 bits per heavy atom. The zero-order chi connectivity index (χ0) is 13.4. The van der Waals surface area contributed by atoms with Crippen LogP contribution in [0.1, 0.15) is 32.3 Å². The molecule has 0 atom stereocenters. The van der Waals surface area contributed by atoms with Crippen LogP contribution in [0.3, 0.4) is 0 Å². The van der Waals surface area contributed by atoms with Gasteiger partial charge in [0.15, 0.2) is 5.75 Å². The van der Waals surface area contributed by atoms with E-state index < -0.39 is 4.92 Å². The van der Waals surface area contributed by atoms with Gasteiger partial charge in [0.2, 0.25) is 0 Å². The first-order valence-corrected chi connectivity index (χ1v) is 6.29. The first-order valence-electron chi connectivity index (χ1n) is 6.29. The number of rotatable bonds is 8. The maximum Gasteiger partial charge on any atom is 0.310 e. The molecule has 0 saturated carbocycles. The Bertz CT molecular complexity index is 394. The summed E-state index contributed by atoms with van der Waals surface area (Å²) in [7, 11) is 0. The molecular formula is C13H20N2O3. The molecule has 0 unspecified atom stereocenters. The van der Waals surface area contributed by atoms with E-state index in [1.807, 2.05) is 6.92 Å². The van der Waals surface area contributed by atoms with Crippen molar-refractivity contribution in [2.24, 2.45) is 0 Å². The summed E-state index contributed by atoms with van der Waals surface area (Å²) in [5, 5.41) is 14.1. The summed E-state index contributed by atoms with van der Waals surface area (Å²) in [6.45, 7) is 6.19. The standard InChI is InChI=1S/C13H20N2O3/c1-3-7-14-10-11-5-6-12(15(16)17)13(9-11)18-8-4-2/h5-6,9,14H,3-4,7-8,10H2,1-2H3. The van der Waals surface area contributed by atoms with Gasteiger partial charge in [0.05, 0.1) is 11.5 Å². The van der Waals surface area contributed by atoms with Crippen LogP contribution in [0.2, 0.25) is 0 Å². The largest absolute Gasteiger partial charge is 0.487 e. The molecule has 1 aromatic carbocycles. The van der Waals surface area contributed by atoms with Crippen LogP contribution in [0.4, 0.5) is 5.69 Å². The predicted octanol–water partition coefficient (Wildman–Crippen LogP) is 2.88. The lowest BCUT2D eigenvalue weighted by Gasteiger charge is -2.08. The van der Waals surface area contributed by atoms with E-state index in [4.69, 9.17) is 4.74 Å². The Balaban J connectivity index is 2.80. The summed E-state index contributed by atoms with van der Waals surface area (Å²) < 4.78 is 5.43. The molecule has 0 aliphatic rings. The van der Waals surface area contributed by atoms with Gasteiger partial charge in [0, 0.05) is 12.6 Å². The second kappa shape index (κ2) is 7.66. The minimum atomic E-state index is -0.408. The molecule has 0 heterocycles. The number of nitro benzene ring substituents is 1. The van der Waals surface area contributed by atoms with Crippen molar-refractivity contribution in [3.63, 3.8) is 0 Å². The van der Waals surface area contributed by atoms with Crippen LogP contribution >= 0.6 is 0 Å². The number of nitrogens with zero attached hydrogens (tertiary/aromatic N) is 1. The van der Waals surface area contributed by atoms with Crippen LogP contribution in [-0.4, -0.2) is 18.1 Å². The van der Waals surface area contributed by atoms with Gasteiger partial charge in [-0.15, -0.1) is 0 Å². The van der Waals surface area contributed by atoms with Crippen molar-refractivity contribution in [1.29, 1.82) is 0 Å². The molecule has 18 heavy (non-hydrogen) atoms. The van der Waals surface area contributed by atoms with Crippen molar-refractivity contribution >= 4 is 5.69 Å². The second-order valence-corrected chi connectivity index (χ2v) is 4.08. The Morgan fingerprint density at radius 3 is 2.72 bits per heavy atom. The Kier molecular flexibility index (Phi) is 6.14. The number of nitrogens with one attached hydrogen (secondary N) is 1. The lowest BCUT2D eigenvalue weighted by atomic mass is 10.2. The van der Waals surface area contributed by atoms with Crippen LogP contribution in [0.15, 0.2) is 18.2 Å². The predicted molar refractivity (Wildman–Crippen MR) is 70.9 cm³/mol. The maximum atomic E-state index is 10.9. The molecule has 0 aliphatic heterocycles. The SMILES string of the molecule is CCCNCc1ccc([N+](=O)[O-])c(OCCC)c1.